The molecule has 1 aliphatic heterocycles. The smallest absolute Gasteiger partial charge is 0.252 e. The largest absolute Gasteiger partial charge is 0.361 e. The molecule has 0 aliphatic carbocycles. The number of rotatable bonds is 6. The third-order valence-electron chi connectivity index (χ3n) is 6.45. The van der Waals surface area contributed by atoms with Gasteiger partial charge in [0.15, 0.2) is 9.84 Å². The minimum atomic E-state index is -3.47. The number of aryl methyl sites for hydroxylation is 1. The Morgan fingerprint density at radius 2 is 1.97 bits per heavy atom. The molecule has 4 heterocycles. The van der Waals surface area contributed by atoms with Crippen molar-refractivity contribution < 1.29 is 13.2 Å². The molecule has 9 nitrogen and oxygen atoms in total. The van der Waals surface area contributed by atoms with Crippen LogP contribution < -0.4 is 0 Å². The lowest BCUT2D eigenvalue weighted by atomic mass is 9.93. The fourth-order valence-corrected chi connectivity index (χ4v) is 5.65. The van der Waals surface area contributed by atoms with Gasteiger partial charge in [-0.2, -0.15) is 14.6 Å². The van der Waals surface area contributed by atoms with Crippen LogP contribution >= 0.6 is 0 Å². The van der Waals surface area contributed by atoms with E-state index in [0.29, 0.717) is 43.8 Å². The topological polar surface area (TPSA) is 113 Å². The first-order valence-electron chi connectivity index (χ1n) is 11.1. The normalized spacial score (nSPS) is 15.5. The number of nitrogens with one attached hydrogen (secondary N) is 1. The van der Waals surface area contributed by atoms with Crippen LogP contribution in [0.3, 0.4) is 0 Å². The molecule has 1 saturated heterocycles. The highest BCUT2D eigenvalue weighted by Crippen LogP contribution is 2.32. The Bertz CT molecular complexity index is 1420. The maximum atomic E-state index is 12.8. The average Bonchev–Trinajstić information content (AvgIpc) is 3.45. The summed E-state index contributed by atoms with van der Waals surface area (Å²) in [6, 6.07) is 8.19. The van der Waals surface area contributed by atoms with Gasteiger partial charge in [-0.25, -0.2) is 13.4 Å². The number of amides is 1. The van der Waals surface area contributed by atoms with Crippen molar-refractivity contribution in [3.8, 4) is 0 Å². The zero-order valence-electron chi connectivity index (χ0n) is 18.4. The molecule has 10 heteroatoms. The molecule has 1 aliphatic rings. The van der Waals surface area contributed by atoms with Crippen molar-refractivity contribution in [2.45, 2.75) is 42.9 Å². The highest BCUT2D eigenvalue weighted by Gasteiger charge is 2.30. The van der Waals surface area contributed by atoms with Crippen molar-refractivity contribution >= 4 is 32.4 Å². The number of hydrogen-bond donors (Lipinski definition) is 1. The number of carbonyl (C=O) groups is 1. The number of aromatic nitrogens is 5. The first-order chi connectivity index (χ1) is 15.9. The van der Waals surface area contributed by atoms with Crippen LogP contribution in [0, 0.1) is 0 Å². The first kappa shape index (κ1) is 21.6. The Balaban J connectivity index is 1.22. The van der Waals surface area contributed by atoms with Crippen molar-refractivity contribution in [3.05, 3.63) is 54.2 Å². The van der Waals surface area contributed by atoms with Crippen LogP contribution in [0.2, 0.25) is 0 Å². The third-order valence-corrected chi connectivity index (χ3v) is 7.57. The lowest BCUT2D eigenvalue weighted by Gasteiger charge is -2.32. The van der Waals surface area contributed by atoms with Crippen LogP contribution in [0.25, 0.3) is 16.7 Å². The van der Waals surface area contributed by atoms with E-state index in [0.717, 1.165) is 18.4 Å². The Hall–Kier alpha value is -3.27. The van der Waals surface area contributed by atoms with Gasteiger partial charge in [0.05, 0.1) is 11.9 Å². The Labute approximate surface area is 191 Å². The minimum absolute atomic E-state index is 0.0304. The molecule has 1 fully saturated rings. The minimum Gasteiger partial charge on any atom is -0.361 e. The Kier molecular flexibility index (Phi) is 5.61. The number of H-pyrrole nitrogens is 1. The first-order valence-corrected chi connectivity index (χ1v) is 13.0. The van der Waals surface area contributed by atoms with Crippen LogP contribution in [0.1, 0.15) is 42.9 Å². The molecule has 0 atom stereocenters. The maximum absolute atomic E-state index is 12.8. The number of para-hydroxylation sites is 1. The van der Waals surface area contributed by atoms with E-state index in [1.54, 1.807) is 0 Å². The molecule has 0 spiro atoms. The molecule has 1 amide bonds. The lowest BCUT2D eigenvalue weighted by Crippen LogP contribution is -2.38. The molecule has 4 aromatic rings. The van der Waals surface area contributed by atoms with Crippen LogP contribution in [0.5, 0.6) is 0 Å². The zero-order valence-corrected chi connectivity index (χ0v) is 19.3. The lowest BCUT2D eigenvalue weighted by molar-refractivity contribution is -0.132. The number of piperidine rings is 1. The van der Waals surface area contributed by atoms with E-state index in [4.69, 9.17) is 0 Å². The third kappa shape index (κ3) is 4.22. The van der Waals surface area contributed by atoms with Gasteiger partial charge in [-0.3, -0.25) is 4.79 Å². The Morgan fingerprint density at radius 3 is 2.76 bits per heavy atom. The summed E-state index contributed by atoms with van der Waals surface area (Å²) in [5, 5.41) is 5.42. The molecule has 172 valence electrons. The van der Waals surface area contributed by atoms with Crippen molar-refractivity contribution in [2.75, 3.05) is 19.3 Å². The number of nitrogens with zero attached hydrogens (tertiary/aromatic N) is 5. The van der Waals surface area contributed by atoms with Gasteiger partial charge in [0.25, 0.3) is 5.78 Å². The van der Waals surface area contributed by atoms with Crippen LogP contribution in [-0.2, 0) is 21.1 Å². The number of fused-ring (bicyclic) bond motifs is 2. The van der Waals surface area contributed by atoms with Gasteiger partial charge in [-0.05, 0) is 37.3 Å². The molecule has 0 radical (unpaired) electrons. The molecule has 0 bridgehead atoms. The molecule has 0 unspecified atom stereocenters. The van der Waals surface area contributed by atoms with Gasteiger partial charge < -0.3 is 9.88 Å². The molecular weight excluding hydrogens is 440 g/mol. The van der Waals surface area contributed by atoms with Gasteiger partial charge in [0.2, 0.25) is 5.91 Å². The number of sulfone groups is 1. The molecule has 1 aromatic carbocycles. The standard InChI is InChI=1S/C23H26N6O3S/c1-33(31,32)20-14-25-23-26-15-27-29(23)22(20)16-9-11-28(12-10-16)21(30)8-4-5-17-13-24-19-7-3-2-6-18(17)19/h2-3,6-7,13-16,24H,4-5,8-12H2,1H3. The molecule has 3 aromatic heterocycles. The fourth-order valence-electron chi connectivity index (χ4n) is 4.77. The molecule has 33 heavy (non-hydrogen) atoms. The monoisotopic (exact) mass is 466 g/mol. The maximum Gasteiger partial charge on any atom is 0.252 e. The highest BCUT2D eigenvalue weighted by atomic mass is 32.2. The van der Waals surface area contributed by atoms with Gasteiger partial charge >= 0.3 is 0 Å². The second-order valence-electron chi connectivity index (χ2n) is 8.62. The number of likely N-dealkylation sites (tertiary alicyclic amines) is 1. The summed E-state index contributed by atoms with van der Waals surface area (Å²) in [6.45, 7) is 1.19. The average molecular weight is 467 g/mol. The summed E-state index contributed by atoms with van der Waals surface area (Å²) >= 11 is 0. The molecule has 0 saturated carbocycles. The summed E-state index contributed by atoms with van der Waals surface area (Å²) in [5.74, 6) is 0.502. The Morgan fingerprint density at radius 1 is 1.18 bits per heavy atom. The molecule has 5 rings (SSSR count). The molecular formula is C23H26N6O3S. The fraction of sp³-hybridized carbons (Fsp3) is 0.391. The van der Waals surface area contributed by atoms with Crippen molar-refractivity contribution in [1.29, 1.82) is 0 Å². The number of carbonyl (C=O) groups excluding carboxylic acids is 1. The van der Waals surface area contributed by atoms with Crippen molar-refractivity contribution in [1.82, 2.24) is 29.5 Å². The zero-order chi connectivity index (χ0) is 23.0. The van der Waals surface area contributed by atoms with Crippen LogP contribution in [0.4, 0.5) is 0 Å². The van der Waals surface area contributed by atoms with E-state index in [1.165, 1.54) is 34.2 Å². The number of aromatic amines is 1. The van der Waals surface area contributed by atoms with E-state index >= 15 is 0 Å². The van der Waals surface area contributed by atoms with E-state index in [-0.39, 0.29) is 16.7 Å². The summed E-state index contributed by atoms with van der Waals surface area (Å²) in [4.78, 5) is 26.4. The van der Waals surface area contributed by atoms with E-state index < -0.39 is 9.84 Å². The SMILES string of the molecule is CS(=O)(=O)c1cnc2ncnn2c1C1CCN(C(=O)CCCc2c[nH]c3ccccc23)CC1. The second-order valence-corrected chi connectivity index (χ2v) is 10.6. The van der Waals surface area contributed by atoms with E-state index in [1.807, 2.05) is 23.2 Å². The number of benzene rings is 1. The van der Waals surface area contributed by atoms with Crippen molar-refractivity contribution in [2.24, 2.45) is 0 Å². The summed E-state index contributed by atoms with van der Waals surface area (Å²) in [6.07, 6.45) is 9.46. The van der Waals surface area contributed by atoms with Gasteiger partial charge in [0, 0.05) is 48.8 Å². The summed E-state index contributed by atoms with van der Waals surface area (Å²) < 4.78 is 26.3. The van der Waals surface area contributed by atoms with E-state index in [2.05, 4.69) is 32.2 Å². The summed E-state index contributed by atoms with van der Waals surface area (Å²) in [7, 11) is -3.47. The van der Waals surface area contributed by atoms with Crippen LogP contribution in [0.15, 0.2) is 47.9 Å². The predicted octanol–water partition coefficient (Wildman–Crippen LogP) is 2.74. The number of hydrogen-bond acceptors (Lipinski definition) is 6. The van der Waals surface area contributed by atoms with Crippen LogP contribution in [-0.4, -0.2) is 63.1 Å². The quantitative estimate of drug-likeness (QED) is 0.467. The van der Waals surface area contributed by atoms with E-state index in [9.17, 15) is 13.2 Å². The summed E-state index contributed by atoms with van der Waals surface area (Å²) in [5.41, 5.74) is 2.97. The molecule has 1 N–H and O–H groups in total. The second kappa shape index (κ2) is 8.58. The van der Waals surface area contributed by atoms with Crippen molar-refractivity contribution in [3.63, 3.8) is 0 Å². The van der Waals surface area contributed by atoms with Gasteiger partial charge in [-0.1, -0.05) is 18.2 Å². The predicted molar refractivity (Wildman–Crippen MR) is 124 cm³/mol. The van der Waals surface area contributed by atoms with Gasteiger partial charge in [0.1, 0.15) is 11.2 Å². The van der Waals surface area contributed by atoms with Gasteiger partial charge in [-0.15, -0.1) is 0 Å². The highest BCUT2D eigenvalue weighted by molar-refractivity contribution is 7.90.